The monoisotopic (exact) mass is 398 g/mol. The summed E-state index contributed by atoms with van der Waals surface area (Å²) in [5.41, 5.74) is -0.352. The number of hydrogen-bond donors (Lipinski definition) is 2. The lowest BCUT2D eigenvalue weighted by Gasteiger charge is -2.17. The molecule has 0 saturated heterocycles. The molecule has 0 spiro atoms. The van der Waals surface area contributed by atoms with E-state index in [1.165, 1.54) is 0 Å². The third-order valence-corrected chi connectivity index (χ3v) is 3.68. The molecule has 0 bridgehead atoms. The van der Waals surface area contributed by atoms with Crippen molar-refractivity contribution >= 4 is 34.2 Å². The minimum atomic E-state index is -0.968. The first-order chi connectivity index (χ1) is 9.90. The highest BCUT2D eigenvalue weighted by Crippen LogP contribution is 2.22. The molecule has 0 aliphatic rings. The number of aromatic nitrogens is 3. The van der Waals surface area contributed by atoms with Crippen molar-refractivity contribution in [2.24, 2.45) is 0 Å². The van der Waals surface area contributed by atoms with Gasteiger partial charge in [0.2, 0.25) is 0 Å². The fourth-order valence-corrected chi connectivity index (χ4v) is 2.20. The van der Waals surface area contributed by atoms with Crippen LogP contribution in [-0.2, 0) is 12.0 Å². The van der Waals surface area contributed by atoms with Gasteiger partial charge in [0, 0.05) is 12.6 Å². The Hall–Kier alpha value is -1.28. The maximum absolute atomic E-state index is 10.0. The van der Waals surface area contributed by atoms with E-state index in [9.17, 15) is 5.11 Å². The molecule has 5 nitrogen and oxygen atoms in total. The summed E-state index contributed by atoms with van der Waals surface area (Å²) >= 11 is 2.19. The zero-order valence-corrected chi connectivity index (χ0v) is 14.5. The van der Waals surface area contributed by atoms with Gasteiger partial charge in [-0.15, -0.1) is 0 Å². The van der Waals surface area contributed by atoms with Crippen molar-refractivity contribution in [1.29, 1.82) is 0 Å². The normalized spacial score (nSPS) is 11.5. The van der Waals surface area contributed by atoms with Crippen LogP contribution in [0.15, 0.2) is 24.4 Å². The predicted molar refractivity (Wildman–Crippen MR) is 91.5 cm³/mol. The van der Waals surface area contributed by atoms with Gasteiger partial charge in [-0.2, -0.15) is 0 Å². The van der Waals surface area contributed by atoms with Gasteiger partial charge in [-0.1, -0.05) is 13.0 Å². The molecule has 2 rings (SSSR count). The summed E-state index contributed by atoms with van der Waals surface area (Å²) in [5, 5.41) is 13.2. The maximum Gasteiger partial charge on any atom is 0.148 e. The van der Waals surface area contributed by atoms with Crippen LogP contribution in [-0.4, -0.2) is 20.1 Å². The van der Waals surface area contributed by atoms with Crippen LogP contribution in [0.1, 0.15) is 38.7 Å². The molecule has 0 saturated carbocycles. The first-order valence-corrected chi connectivity index (χ1v) is 7.96. The molecule has 0 amide bonds. The van der Waals surface area contributed by atoms with Crippen molar-refractivity contribution in [3.63, 3.8) is 0 Å². The van der Waals surface area contributed by atoms with E-state index >= 15 is 0 Å². The number of nitrogens with zero attached hydrogens (tertiary/aromatic N) is 3. The van der Waals surface area contributed by atoms with E-state index < -0.39 is 5.60 Å². The molecule has 0 fully saturated rings. The van der Waals surface area contributed by atoms with Crippen LogP contribution in [0, 0.1) is 3.57 Å². The lowest BCUT2D eigenvalue weighted by Crippen LogP contribution is -2.18. The lowest BCUT2D eigenvalue weighted by atomic mass is 10.1. The molecule has 2 N–H and O–H groups in total. The molecule has 21 heavy (non-hydrogen) atoms. The van der Waals surface area contributed by atoms with Gasteiger partial charge < -0.3 is 10.4 Å². The molecule has 0 radical (unpaired) electrons. The third-order valence-electron chi connectivity index (χ3n) is 2.89. The topological polar surface area (TPSA) is 70.9 Å². The molecule has 0 atom stereocenters. The van der Waals surface area contributed by atoms with Gasteiger partial charge in [0.15, 0.2) is 0 Å². The molecule has 0 aliphatic heterocycles. The molecule has 2 aromatic rings. The van der Waals surface area contributed by atoms with E-state index in [-0.39, 0.29) is 0 Å². The van der Waals surface area contributed by atoms with E-state index in [2.05, 4.69) is 49.8 Å². The smallest absolute Gasteiger partial charge is 0.148 e. The Labute approximate surface area is 138 Å². The number of pyridine rings is 1. The van der Waals surface area contributed by atoms with E-state index in [0.717, 1.165) is 28.1 Å². The first kappa shape index (κ1) is 16.1. The second kappa shape index (κ2) is 6.65. The Morgan fingerprint density at radius 2 is 2.05 bits per heavy atom. The van der Waals surface area contributed by atoms with Gasteiger partial charge in [0.05, 0.1) is 9.26 Å². The Bertz CT molecular complexity index is 625. The van der Waals surface area contributed by atoms with Crippen molar-refractivity contribution in [3.05, 3.63) is 39.5 Å². The highest BCUT2D eigenvalue weighted by molar-refractivity contribution is 14.1. The summed E-state index contributed by atoms with van der Waals surface area (Å²) in [6.45, 7) is 5.53. The third kappa shape index (κ3) is 4.34. The number of nitrogens with one attached hydrogen (secondary N) is 1. The molecule has 0 aliphatic carbocycles. The summed E-state index contributed by atoms with van der Waals surface area (Å²) < 4.78 is 0.933. The lowest BCUT2D eigenvalue weighted by molar-refractivity contribution is 0.0740. The molecular weight excluding hydrogens is 379 g/mol. The summed E-state index contributed by atoms with van der Waals surface area (Å²) in [7, 11) is 0. The predicted octanol–water partition coefficient (Wildman–Crippen LogP) is 3.40. The molecule has 2 aromatic heterocycles. The van der Waals surface area contributed by atoms with Crippen LogP contribution >= 0.6 is 22.6 Å². The number of aliphatic hydroxyl groups is 1. The van der Waals surface area contributed by atoms with Gasteiger partial charge >= 0.3 is 0 Å². The fraction of sp³-hybridized carbons (Fsp3) is 0.400. The standard InChI is InChI=1S/C15H19IN4O/c1-4-6-12-17-9-10(16)14(19-12)20-13-8-5-7-11(18-13)15(2,3)21/h5,7-9,21H,4,6H2,1-3H3,(H,17,18,19,20). The van der Waals surface area contributed by atoms with E-state index in [4.69, 9.17) is 0 Å². The largest absolute Gasteiger partial charge is 0.384 e. The van der Waals surface area contributed by atoms with Crippen LogP contribution in [0.2, 0.25) is 0 Å². The van der Waals surface area contributed by atoms with E-state index in [1.54, 1.807) is 26.1 Å². The van der Waals surface area contributed by atoms with Crippen LogP contribution in [0.5, 0.6) is 0 Å². The quantitative estimate of drug-likeness (QED) is 0.756. The van der Waals surface area contributed by atoms with E-state index in [1.807, 2.05) is 12.1 Å². The summed E-state index contributed by atoms with van der Waals surface area (Å²) in [5.74, 6) is 2.22. The zero-order valence-electron chi connectivity index (χ0n) is 12.4. The van der Waals surface area contributed by atoms with Crippen LogP contribution in [0.3, 0.4) is 0 Å². The van der Waals surface area contributed by atoms with Gasteiger partial charge in [0.25, 0.3) is 0 Å². The second-order valence-corrected chi connectivity index (χ2v) is 6.49. The second-order valence-electron chi connectivity index (χ2n) is 5.32. The number of halogens is 1. The Morgan fingerprint density at radius 1 is 1.29 bits per heavy atom. The van der Waals surface area contributed by atoms with Crippen LogP contribution in [0.4, 0.5) is 11.6 Å². The number of hydrogen-bond acceptors (Lipinski definition) is 5. The van der Waals surface area contributed by atoms with E-state index in [0.29, 0.717) is 11.5 Å². The fourth-order valence-electron chi connectivity index (χ4n) is 1.80. The first-order valence-electron chi connectivity index (χ1n) is 6.88. The molecule has 2 heterocycles. The van der Waals surface area contributed by atoms with Gasteiger partial charge in [-0.25, -0.2) is 15.0 Å². The molecule has 0 aromatic carbocycles. The van der Waals surface area contributed by atoms with Crippen molar-refractivity contribution in [3.8, 4) is 0 Å². The Morgan fingerprint density at radius 3 is 2.71 bits per heavy atom. The van der Waals surface area contributed by atoms with Gasteiger partial charge in [0.1, 0.15) is 23.1 Å². The number of aryl methyl sites for hydroxylation is 1. The number of rotatable bonds is 5. The minimum Gasteiger partial charge on any atom is -0.384 e. The highest BCUT2D eigenvalue weighted by atomic mass is 127. The highest BCUT2D eigenvalue weighted by Gasteiger charge is 2.18. The Balaban J connectivity index is 2.27. The van der Waals surface area contributed by atoms with Gasteiger partial charge in [-0.3, -0.25) is 0 Å². The molecule has 0 unspecified atom stereocenters. The van der Waals surface area contributed by atoms with Crippen molar-refractivity contribution < 1.29 is 5.11 Å². The maximum atomic E-state index is 10.0. The van der Waals surface area contributed by atoms with Crippen molar-refractivity contribution in [2.75, 3.05) is 5.32 Å². The Kier molecular flexibility index (Phi) is 5.10. The molecular formula is C15H19IN4O. The van der Waals surface area contributed by atoms with Crippen molar-refractivity contribution in [2.45, 2.75) is 39.2 Å². The SMILES string of the molecule is CCCc1ncc(I)c(Nc2cccc(C(C)(C)O)n2)n1. The zero-order chi connectivity index (χ0) is 15.5. The summed E-state index contributed by atoms with van der Waals surface area (Å²) in [6, 6.07) is 5.52. The van der Waals surface area contributed by atoms with Gasteiger partial charge in [-0.05, 0) is 55.0 Å². The van der Waals surface area contributed by atoms with Crippen molar-refractivity contribution in [1.82, 2.24) is 15.0 Å². The molecule has 112 valence electrons. The average molecular weight is 398 g/mol. The minimum absolute atomic E-state index is 0.616. The average Bonchev–Trinajstić information content (AvgIpc) is 2.42. The molecule has 6 heteroatoms. The van der Waals surface area contributed by atoms with Crippen LogP contribution < -0.4 is 5.32 Å². The summed E-state index contributed by atoms with van der Waals surface area (Å²) in [4.78, 5) is 13.3. The summed E-state index contributed by atoms with van der Waals surface area (Å²) in [6.07, 6.45) is 3.66. The van der Waals surface area contributed by atoms with Crippen LogP contribution in [0.25, 0.3) is 0 Å². The number of anilines is 2.